The first kappa shape index (κ1) is 36.5. The molecule has 6 atom stereocenters. The molecule has 2 heterocycles. The number of nitrogens with one attached hydrogen (secondary N) is 3. The van der Waals surface area contributed by atoms with Crippen molar-refractivity contribution in [3.8, 4) is 0 Å². The molecule has 1 aromatic carbocycles. The quantitative estimate of drug-likeness (QED) is 0.186. The highest BCUT2D eigenvalue weighted by Gasteiger charge is 2.41. The highest BCUT2D eigenvalue weighted by Crippen LogP contribution is 2.22. The summed E-state index contributed by atoms with van der Waals surface area (Å²) >= 11 is 0. The summed E-state index contributed by atoms with van der Waals surface area (Å²) in [5, 5.41) is 17.9. The van der Waals surface area contributed by atoms with E-state index in [4.69, 9.17) is 5.73 Å². The van der Waals surface area contributed by atoms with Crippen LogP contribution in [-0.4, -0.2) is 100 Å². The minimum atomic E-state index is -1.15. The van der Waals surface area contributed by atoms with Crippen molar-refractivity contribution in [3.05, 3.63) is 35.9 Å². The Labute approximate surface area is 271 Å². The Balaban J connectivity index is 1.80. The number of aliphatic carboxylic acids is 1. The maximum atomic E-state index is 14.1. The van der Waals surface area contributed by atoms with Crippen molar-refractivity contribution in [1.29, 1.82) is 0 Å². The van der Waals surface area contributed by atoms with E-state index in [1.54, 1.807) is 6.92 Å². The number of carbonyl (C=O) groups is 6. The van der Waals surface area contributed by atoms with Crippen LogP contribution in [0, 0.1) is 11.8 Å². The molecule has 13 heteroatoms. The van der Waals surface area contributed by atoms with E-state index in [0.29, 0.717) is 38.6 Å². The van der Waals surface area contributed by atoms with Gasteiger partial charge in [-0.2, -0.15) is 0 Å². The largest absolute Gasteiger partial charge is 0.480 e. The van der Waals surface area contributed by atoms with Crippen LogP contribution in [0.4, 0.5) is 0 Å². The molecule has 2 saturated heterocycles. The van der Waals surface area contributed by atoms with E-state index < -0.39 is 59.8 Å². The van der Waals surface area contributed by atoms with Crippen molar-refractivity contribution in [2.75, 3.05) is 19.6 Å². The molecule has 0 saturated carbocycles. The number of hydrogen-bond acceptors (Lipinski definition) is 7. The van der Waals surface area contributed by atoms with Crippen LogP contribution in [0.25, 0.3) is 0 Å². The highest BCUT2D eigenvalue weighted by molar-refractivity contribution is 5.96. The zero-order chi connectivity index (χ0) is 34.0. The third-order valence-electron chi connectivity index (χ3n) is 8.90. The van der Waals surface area contributed by atoms with Crippen LogP contribution in [0.3, 0.4) is 0 Å². The summed E-state index contributed by atoms with van der Waals surface area (Å²) in [7, 11) is 0. The predicted molar refractivity (Wildman–Crippen MR) is 171 cm³/mol. The van der Waals surface area contributed by atoms with Gasteiger partial charge in [-0.25, -0.2) is 4.79 Å². The average Bonchev–Trinajstić information content (AvgIpc) is 3.73. The normalized spacial score (nSPS) is 20.5. The molecule has 0 spiro atoms. The summed E-state index contributed by atoms with van der Waals surface area (Å²) in [6.07, 6.45) is 2.98. The Morgan fingerprint density at radius 3 is 2.02 bits per heavy atom. The summed E-state index contributed by atoms with van der Waals surface area (Å²) < 4.78 is 0. The van der Waals surface area contributed by atoms with E-state index >= 15 is 0 Å². The second-order valence-electron chi connectivity index (χ2n) is 12.8. The molecule has 2 aliphatic heterocycles. The van der Waals surface area contributed by atoms with Crippen LogP contribution in [0.15, 0.2) is 30.3 Å². The molecule has 6 N–H and O–H groups in total. The molecule has 5 amide bonds. The van der Waals surface area contributed by atoms with Crippen molar-refractivity contribution < 1.29 is 33.9 Å². The summed E-state index contributed by atoms with van der Waals surface area (Å²) in [4.78, 5) is 81.6. The summed E-state index contributed by atoms with van der Waals surface area (Å²) in [6.45, 7) is 7.87. The number of carbonyl (C=O) groups excluding carboxylic acids is 5. The predicted octanol–water partition coefficient (Wildman–Crippen LogP) is 0.801. The van der Waals surface area contributed by atoms with E-state index in [-0.39, 0.29) is 43.7 Å². The van der Waals surface area contributed by atoms with Gasteiger partial charge in [0.1, 0.15) is 30.2 Å². The molecule has 0 aliphatic carbocycles. The van der Waals surface area contributed by atoms with Gasteiger partial charge in [0.05, 0.1) is 6.54 Å². The number of carboxylic acids is 1. The van der Waals surface area contributed by atoms with E-state index in [2.05, 4.69) is 16.0 Å². The minimum absolute atomic E-state index is 0.0262. The maximum Gasteiger partial charge on any atom is 0.326 e. The summed E-state index contributed by atoms with van der Waals surface area (Å²) in [6, 6.07) is 4.49. The topological polar surface area (TPSA) is 191 Å². The van der Waals surface area contributed by atoms with Crippen LogP contribution in [0.5, 0.6) is 0 Å². The number of rotatable bonds is 15. The molecule has 1 aromatic rings. The van der Waals surface area contributed by atoms with Gasteiger partial charge in [-0.15, -0.1) is 0 Å². The van der Waals surface area contributed by atoms with Crippen molar-refractivity contribution in [3.63, 3.8) is 0 Å². The zero-order valence-electron chi connectivity index (χ0n) is 27.4. The van der Waals surface area contributed by atoms with Gasteiger partial charge in [-0.1, -0.05) is 64.4 Å². The first-order valence-electron chi connectivity index (χ1n) is 16.4. The van der Waals surface area contributed by atoms with E-state index in [1.807, 2.05) is 51.1 Å². The summed E-state index contributed by atoms with van der Waals surface area (Å²) in [5.41, 5.74) is 6.37. The fourth-order valence-corrected chi connectivity index (χ4v) is 6.18. The Morgan fingerprint density at radius 1 is 0.870 bits per heavy atom. The Bertz CT molecular complexity index is 1240. The van der Waals surface area contributed by atoms with Crippen LogP contribution in [-0.2, 0) is 35.2 Å². The first-order valence-corrected chi connectivity index (χ1v) is 16.4. The van der Waals surface area contributed by atoms with Crippen LogP contribution in [0.2, 0.25) is 0 Å². The second kappa shape index (κ2) is 17.1. The monoisotopic (exact) mass is 642 g/mol. The molecule has 2 aliphatic rings. The lowest BCUT2D eigenvalue weighted by Crippen LogP contribution is -2.59. The standard InChI is InChI=1S/C33H50N6O7/c1-5-21(4)28(31(43)36-24(33(45)46)17-20(2)3)37-30(42)26-14-10-16-39(26)32(44)23(18-22-11-7-6-8-12-22)35-29(41)25-13-9-15-38(25)27(40)19-34/h6-8,11-12,20-21,23-26,28H,5,9-10,13-19,34H2,1-4H3,(H,35,41)(H,36,43)(H,37,42)(H,45,46)/t21-,23-,24-,25-,26-,28-/m0/s1. The first-order chi connectivity index (χ1) is 21.9. The van der Waals surface area contributed by atoms with Gasteiger partial charge >= 0.3 is 5.97 Å². The van der Waals surface area contributed by atoms with Crippen molar-refractivity contribution in [2.45, 2.75) is 103 Å². The number of benzene rings is 1. The number of nitrogens with zero attached hydrogens (tertiary/aromatic N) is 2. The van der Waals surface area contributed by atoms with Gasteiger partial charge in [0.25, 0.3) is 0 Å². The molecular weight excluding hydrogens is 592 g/mol. The Morgan fingerprint density at radius 2 is 1.46 bits per heavy atom. The van der Waals surface area contributed by atoms with Gasteiger partial charge < -0.3 is 36.6 Å². The molecule has 0 radical (unpaired) electrons. The van der Waals surface area contributed by atoms with Crippen molar-refractivity contribution in [1.82, 2.24) is 25.8 Å². The van der Waals surface area contributed by atoms with Crippen molar-refractivity contribution in [2.24, 2.45) is 17.6 Å². The Hall–Kier alpha value is -4.00. The van der Waals surface area contributed by atoms with Gasteiger partial charge in [0.15, 0.2) is 0 Å². The smallest absolute Gasteiger partial charge is 0.326 e. The lowest BCUT2D eigenvalue weighted by molar-refractivity contribution is -0.144. The third kappa shape index (κ3) is 9.51. The minimum Gasteiger partial charge on any atom is -0.480 e. The molecule has 0 unspecified atom stereocenters. The molecule has 0 bridgehead atoms. The van der Waals surface area contributed by atoms with E-state index in [0.717, 1.165) is 5.56 Å². The zero-order valence-corrected chi connectivity index (χ0v) is 27.4. The van der Waals surface area contributed by atoms with Crippen LogP contribution < -0.4 is 21.7 Å². The number of hydrogen-bond donors (Lipinski definition) is 5. The van der Waals surface area contributed by atoms with Crippen LogP contribution >= 0.6 is 0 Å². The Kier molecular flexibility index (Phi) is 13.5. The van der Waals surface area contributed by atoms with Gasteiger partial charge in [0, 0.05) is 19.5 Å². The number of carboxylic acid groups (broad SMARTS) is 1. The number of likely N-dealkylation sites (tertiary alicyclic amines) is 2. The molecular formula is C33H50N6O7. The fraction of sp³-hybridized carbons (Fsp3) is 0.636. The second-order valence-corrected chi connectivity index (χ2v) is 12.8. The highest BCUT2D eigenvalue weighted by atomic mass is 16.4. The maximum absolute atomic E-state index is 14.1. The van der Waals surface area contributed by atoms with Gasteiger partial charge in [-0.05, 0) is 49.5 Å². The number of amides is 5. The van der Waals surface area contributed by atoms with Crippen LogP contribution in [0.1, 0.15) is 71.8 Å². The molecule has 2 fully saturated rings. The number of nitrogens with two attached hydrogens (primary N) is 1. The third-order valence-corrected chi connectivity index (χ3v) is 8.90. The lowest BCUT2D eigenvalue weighted by atomic mass is 9.96. The molecule has 3 rings (SSSR count). The van der Waals surface area contributed by atoms with E-state index in [1.165, 1.54) is 9.80 Å². The average molecular weight is 643 g/mol. The molecule has 0 aromatic heterocycles. The molecule has 13 nitrogen and oxygen atoms in total. The SMILES string of the molecule is CC[C@H](C)[C@H](NC(=O)[C@@H]1CCCN1C(=O)[C@H](Cc1ccccc1)NC(=O)[C@@H]1CCCN1C(=O)CN)C(=O)N[C@@H](CC(C)C)C(=O)O. The molecule has 46 heavy (non-hydrogen) atoms. The van der Waals surface area contributed by atoms with E-state index in [9.17, 15) is 33.9 Å². The fourth-order valence-electron chi connectivity index (χ4n) is 6.18. The van der Waals surface area contributed by atoms with Gasteiger partial charge in [-0.3, -0.25) is 24.0 Å². The lowest BCUT2D eigenvalue weighted by Gasteiger charge is -2.32. The molecule has 254 valence electrons. The summed E-state index contributed by atoms with van der Waals surface area (Å²) in [5.74, 6) is -3.75. The van der Waals surface area contributed by atoms with Gasteiger partial charge in [0.2, 0.25) is 29.5 Å². The van der Waals surface area contributed by atoms with Crippen molar-refractivity contribution >= 4 is 35.5 Å².